The van der Waals surface area contributed by atoms with Gasteiger partial charge < -0.3 is 5.32 Å². The topological polar surface area (TPSA) is 115 Å². The van der Waals surface area contributed by atoms with E-state index in [0.717, 1.165) is 11.3 Å². The number of anilines is 1. The van der Waals surface area contributed by atoms with Crippen LogP contribution in [0.15, 0.2) is 75.2 Å². The maximum absolute atomic E-state index is 12.3. The molecule has 11 heteroatoms. The number of aromatic nitrogens is 3. The van der Waals surface area contributed by atoms with Crippen LogP contribution in [0.5, 0.6) is 0 Å². The Morgan fingerprint density at radius 2 is 1.87 bits per heavy atom. The molecule has 3 aromatic heterocycles. The molecule has 1 aromatic carbocycles. The van der Waals surface area contributed by atoms with Crippen LogP contribution in [0.3, 0.4) is 0 Å². The largest absolute Gasteiger partial charge is 0.352 e. The van der Waals surface area contributed by atoms with Gasteiger partial charge in [-0.05, 0) is 54.3 Å². The van der Waals surface area contributed by atoms with Crippen molar-refractivity contribution in [1.29, 1.82) is 0 Å². The number of carbonyl (C=O) groups excluding carboxylic acids is 1. The van der Waals surface area contributed by atoms with Crippen LogP contribution in [0.25, 0.3) is 5.65 Å². The molecule has 4 aromatic rings. The SMILES string of the molecule is O=C(NCCCn1nc2ccccn2c1=O)c1ccc(NS(=O)(=O)c2cccs2)cc1. The number of carbonyl (C=O) groups is 1. The summed E-state index contributed by atoms with van der Waals surface area (Å²) in [5, 5.41) is 8.72. The number of sulfonamides is 1. The molecule has 0 saturated carbocycles. The molecular formula is C20H19N5O4S2. The van der Waals surface area contributed by atoms with Gasteiger partial charge in [0.2, 0.25) is 0 Å². The molecule has 0 saturated heterocycles. The van der Waals surface area contributed by atoms with Crippen molar-refractivity contribution in [2.75, 3.05) is 11.3 Å². The van der Waals surface area contributed by atoms with Crippen LogP contribution in [-0.2, 0) is 16.6 Å². The fourth-order valence-corrected chi connectivity index (χ4v) is 5.01. The summed E-state index contributed by atoms with van der Waals surface area (Å²) < 4.78 is 30.0. The lowest BCUT2D eigenvalue weighted by atomic mass is 10.2. The Labute approximate surface area is 182 Å². The lowest BCUT2D eigenvalue weighted by Crippen LogP contribution is -2.27. The molecular weight excluding hydrogens is 438 g/mol. The van der Waals surface area contributed by atoms with E-state index in [1.54, 1.807) is 41.9 Å². The Morgan fingerprint density at radius 1 is 1.06 bits per heavy atom. The van der Waals surface area contributed by atoms with Gasteiger partial charge in [0, 0.05) is 30.5 Å². The van der Waals surface area contributed by atoms with E-state index in [4.69, 9.17) is 0 Å². The van der Waals surface area contributed by atoms with Crippen LogP contribution in [-0.4, -0.2) is 35.1 Å². The van der Waals surface area contributed by atoms with Crippen molar-refractivity contribution in [3.05, 3.63) is 82.2 Å². The average molecular weight is 458 g/mol. The molecule has 3 heterocycles. The summed E-state index contributed by atoms with van der Waals surface area (Å²) in [4.78, 5) is 24.5. The van der Waals surface area contributed by atoms with Crippen LogP contribution in [0, 0.1) is 0 Å². The average Bonchev–Trinajstić information content (AvgIpc) is 3.41. The molecule has 2 N–H and O–H groups in total. The lowest BCUT2D eigenvalue weighted by Gasteiger charge is -2.08. The number of nitrogens with zero attached hydrogens (tertiary/aromatic N) is 3. The van der Waals surface area contributed by atoms with Gasteiger partial charge in [0.05, 0.1) is 0 Å². The molecule has 4 rings (SSSR count). The second-order valence-electron chi connectivity index (χ2n) is 6.66. The van der Waals surface area contributed by atoms with E-state index >= 15 is 0 Å². The molecule has 31 heavy (non-hydrogen) atoms. The van der Waals surface area contributed by atoms with Crippen molar-refractivity contribution in [3.63, 3.8) is 0 Å². The van der Waals surface area contributed by atoms with E-state index in [2.05, 4.69) is 15.1 Å². The number of amides is 1. The second kappa shape index (κ2) is 8.74. The van der Waals surface area contributed by atoms with Crippen molar-refractivity contribution in [3.8, 4) is 0 Å². The third-order valence-corrected chi connectivity index (χ3v) is 7.26. The Morgan fingerprint density at radius 3 is 2.58 bits per heavy atom. The first kappa shape index (κ1) is 20.8. The lowest BCUT2D eigenvalue weighted by molar-refractivity contribution is 0.0952. The molecule has 0 aliphatic heterocycles. The molecule has 160 valence electrons. The molecule has 0 bridgehead atoms. The molecule has 0 aliphatic carbocycles. The molecule has 0 aliphatic rings. The molecule has 0 radical (unpaired) electrons. The zero-order valence-electron chi connectivity index (χ0n) is 16.3. The molecule has 9 nitrogen and oxygen atoms in total. The highest BCUT2D eigenvalue weighted by molar-refractivity contribution is 7.94. The van der Waals surface area contributed by atoms with Crippen molar-refractivity contribution < 1.29 is 13.2 Å². The van der Waals surface area contributed by atoms with Gasteiger partial charge in [-0.15, -0.1) is 16.4 Å². The van der Waals surface area contributed by atoms with Gasteiger partial charge in [-0.25, -0.2) is 17.9 Å². The van der Waals surface area contributed by atoms with Crippen molar-refractivity contribution >= 4 is 38.6 Å². The van der Waals surface area contributed by atoms with Crippen molar-refractivity contribution in [2.24, 2.45) is 0 Å². The number of nitrogens with one attached hydrogen (secondary N) is 2. The van der Waals surface area contributed by atoms with Gasteiger partial charge in [0.1, 0.15) is 4.21 Å². The van der Waals surface area contributed by atoms with Gasteiger partial charge >= 0.3 is 5.69 Å². The Hall–Kier alpha value is -3.44. The van der Waals surface area contributed by atoms with E-state index in [0.29, 0.717) is 36.4 Å². The van der Waals surface area contributed by atoms with Gasteiger partial charge in [0.15, 0.2) is 5.65 Å². The third-order valence-electron chi connectivity index (χ3n) is 4.48. The van der Waals surface area contributed by atoms with Crippen LogP contribution < -0.4 is 15.7 Å². The second-order valence-corrected chi connectivity index (χ2v) is 9.52. The highest BCUT2D eigenvalue weighted by atomic mass is 32.2. The molecule has 0 fully saturated rings. The third kappa shape index (κ3) is 4.67. The first-order valence-electron chi connectivity index (χ1n) is 9.43. The predicted molar refractivity (Wildman–Crippen MR) is 118 cm³/mol. The first-order chi connectivity index (χ1) is 14.9. The minimum absolute atomic E-state index is 0.220. The maximum Gasteiger partial charge on any atom is 0.350 e. The monoisotopic (exact) mass is 457 g/mol. The fourth-order valence-electron chi connectivity index (χ4n) is 2.96. The van der Waals surface area contributed by atoms with Crippen LogP contribution in [0.2, 0.25) is 0 Å². The smallest absolute Gasteiger partial charge is 0.350 e. The Bertz CT molecular complexity index is 1360. The summed E-state index contributed by atoms with van der Waals surface area (Å²) >= 11 is 1.13. The summed E-state index contributed by atoms with van der Waals surface area (Å²) in [6, 6.07) is 14.7. The van der Waals surface area contributed by atoms with Gasteiger partial charge in [0.25, 0.3) is 15.9 Å². The number of thiophene rings is 1. The predicted octanol–water partition coefficient (Wildman–Crippen LogP) is 2.18. The number of hydrogen-bond donors (Lipinski definition) is 2. The Kier molecular flexibility index (Phi) is 5.87. The summed E-state index contributed by atoms with van der Waals surface area (Å²) in [6.45, 7) is 0.746. The number of rotatable bonds is 8. The molecule has 1 amide bonds. The van der Waals surface area contributed by atoms with E-state index in [9.17, 15) is 18.0 Å². The van der Waals surface area contributed by atoms with E-state index in [1.165, 1.54) is 27.3 Å². The van der Waals surface area contributed by atoms with Crippen molar-refractivity contribution in [2.45, 2.75) is 17.2 Å². The maximum atomic E-state index is 12.3. The quantitative estimate of drug-likeness (QED) is 0.394. The van der Waals surface area contributed by atoms with Crippen LogP contribution >= 0.6 is 11.3 Å². The van der Waals surface area contributed by atoms with E-state index in [-0.39, 0.29) is 15.8 Å². The molecule has 0 unspecified atom stereocenters. The van der Waals surface area contributed by atoms with Gasteiger partial charge in [-0.2, -0.15) is 0 Å². The van der Waals surface area contributed by atoms with Gasteiger partial charge in [-0.1, -0.05) is 12.1 Å². The summed E-state index contributed by atoms with van der Waals surface area (Å²) in [5.41, 5.74) is 1.13. The summed E-state index contributed by atoms with van der Waals surface area (Å²) in [6.07, 6.45) is 2.20. The number of benzene rings is 1. The number of aryl methyl sites for hydroxylation is 1. The van der Waals surface area contributed by atoms with Gasteiger partial charge in [-0.3, -0.25) is 13.9 Å². The molecule has 0 spiro atoms. The van der Waals surface area contributed by atoms with E-state index in [1.807, 2.05) is 6.07 Å². The van der Waals surface area contributed by atoms with Crippen LogP contribution in [0.4, 0.5) is 5.69 Å². The number of pyridine rings is 1. The zero-order valence-corrected chi connectivity index (χ0v) is 17.9. The van der Waals surface area contributed by atoms with Crippen molar-refractivity contribution in [1.82, 2.24) is 19.5 Å². The normalized spacial score (nSPS) is 11.5. The highest BCUT2D eigenvalue weighted by Crippen LogP contribution is 2.20. The first-order valence-corrected chi connectivity index (χ1v) is 11.8. The zero-order chi connectivity index (χ0) is 21.8. The van der Waals surface area contributed by atoms with E-state index < -0.39 is 10.0 Å². The number of hydrogen-bond acceptors (Lipinski definition) is 6. The standard InChI is InChI=1S/C20H19N5O4S2/c26-19(21-11-4-13-25-20(27)24-12-2-1-5-17(24)22-25)15-7-9-16(10-8-15)23-31(28,29)18-6-3-14-30-18/h1-3,5-10,12,14,23H,4,11,13H2,(H,21,26). The minimum Gasteiger partial charge on any atom is -0.352 e. The van der Waals surface area contributed by atoms with Crippen LogP contribution in [0.1, 0.15) is 16.8 Å². The Balaban J connectivity index is 1.29. The summed E-state index contributed by atoms with van der Waals surface area (Å²) in [7, 11) is -3.63. The minimum atomic E-state index is -3.63. The molecule has 0 atom stereocenters. The fraction of sp³-hybridized carbons (Fsp3) is 0.150. The number of fused-ring (bicyclic) bond motifs is 1. The summed E-state index contributed by atoms with van der Waals surface area (Å²) in [5.74, 6) is -0.282. The highest BCUT2D eigenvalue weighted by Gasteiger charge is 2.15.